The fraction of sp³-hybridized carbons (Fsp3) is 0.273. The minimum atomic E-state index is -3.27. The highest BCUT2D eigenvalue weighted by atomic mass is 35.5. The van der Waals surface area contributed by atoms with E-state index >= 15 is 0 Å². The fourth-order valence-corrected chi connectivity index (χ4v) is 3.90. The second-order valence-electron chi connectivity index (χ2n) is 7.56. The molecule has 0 spiro atoms. The first-order valence-corrected chi connectivity index (χ1v) is 10.9. The molecule has 180 valence electrons. The molecule has 0 aliphatic carbocycles. The van der Waals surface area contributed by atoms with Crippen molar-refractivity contribution in [1.29, 1.82) is 0 Å². The Morgan fingerprint density at radius 3 is 2.32 bits per heavy atom. The lowest BCUT2D eigenvalue weighted by atomic mass is 10.1. The zero-order valence-electron chi connectivity index (χ0n) is 17.5. The molecular formula is C22H18Cl2F4N4O2. The molecule has 1 aliphatic heterocycles. The monoisotopic (exact) mass is 516 g/mol. The highest BCUT2D eigenvalue weighted by molar-refractivity contribution is 6.32. The number of nitrogens with zero attached hydrogens (tertiary/aromatic N) is 3. The number of hydrazine groups is 1. The molecule has 0 radical (unpaired) electrons. The van der Waals surface area contributed by atoms with Gasteiger partial charge in [-0.15, -0.1) is 0 Å². The van der Waals surface area contributed by atoms with E-state index in [4.69, 9.17) is 27.9 Å². The van der Waals surface area contributed by atoms with Gasteiger partial charge in [0.15, 0.2) is 11.4 Å². The van der Waals surface area contributed by atoms with E-state index in [0.717, 1.165) is 0 Å². The molecule has 6 nitrogen and oxygen atoms in total. The first kappa shape index (κ1) is 24.3. The molecule has 1 N–H and O–H groups in total. The van der Waals surface area contributed by atoms with Crippen molar-refractivity contribution in [3.63, 3.8) is 0 Å². The second kappa shape index (κ2) is 9.81. The van der Waals surface area contributed by atoms with E-state index in [-0.39, 0.29) is 23.8 Å². The summed E-state index contributed by atoms with van der Waals surface area (Å²) in [5, 5.41) is 6.19. The number of para-hydroxylation sites is 1. The van der Waals surface area contributed by atoms with Crippen LogP contribution in [-0.2, 0) is 0 Å². The number of hydrogen-bond donors (Lipinski definition) is 1. The molecule has 0 atom stereocenters. The van der Waals surface area contributed by atoms with Crippen molar-refractivity contribution in [2.75, 3.05) is 13.1 Å². The quantitative estimate of drug-likeness (QED) is 0.419. The molecule has 1 saturated heterocycles. The van der Waals surface area contributed by atoms with E-state index in [1.807, 2.05) is 0 Å². The van der Waals surface area contributed by atoms with Gasteiger partial charge >= 0.3 is 6.61 Å². The number of alkyl halides is 4. The molecule has 3 aromatic rings. The van der Waals surface area contributed by atoms with Crippen LogP contribution < -0.4 is 10.2 Å². The summed E-state index contributed by atoms with van der Waals surface area (Å²) in [5.74, 6) is -4.20. The Morgan fingerprint density at radius 2 is 1.71 bits per heavy atom. The zero-order chi connectivity index (χ0) is 24.5. The molecule has 1 fully saturated rings. The standard InChI is InChI=1S/C22H18Cl2F4N4O2/c23-14-7-5-13(6-8-14)18-19(34-21(25)26)17(29-32(18)16-4-2-1-3-15(16)24)20(33)30-31-11-9-22(27,28)10-12-31/h1-8,21H,9-12H2,(H,30,33). The largest absolute Gasteiger partial charge is 0.430 e. The first-order chi connectivity index (χ1) is 16.1. The maximum Gasteiger partial charge on any atom is 0.387 e. The van der Waals surface area contributed by atoms with Crippen LogP contribution in [0.5, 0.6) is 5.75 Å². The van der Waals surface area contributed by atoms with E-state index < -0.39 is 42.7 Å². The lowest BCUT2D eigenvalue weighted by molar-refractivity contribution is -0.0635. The number of aromatic nitrogens is 2. The van der Waals surface area contributed by atoms with Crippen molar-refractivity contribution < 1.29 is 27.1 Å². The predicted octanol–water partition coefficient (Wildman–Crippen LogP) is 5.82. The van der Waals surface area contributed by atoms with Crippen LogP contribution in [0.25, 0.3) is 16.9 Å². The minimum absolute atomic E-state index is 0.0420. The van der Waals surface area contributed by atoms with Crippen molar-refractivity contribution in [2.45, 2.75) is 25.4 Å². The Labute approximate surface area is 202 Å². The van der Waals surface area contributed by atoms with Gasteiger partial charge in [0.25, 0.3) is 11.8 Å². The molecule has 0 bridgehead atoms. The van der Waals surface area contributed by atoms with E-state index in [1.54, 1.807) is 48.5 Å². The lowest BCUT2D eigenvalue weighted by Gasteiger charge is -2.31. The number of carbonyl (C=O) groups is 1. The summed E-state index contributed by atoms with van der Waals surface area (Å²) < 4.78 is 59.8. The van der Waals surface area contributed by atoms with Crippen molar-refractivity contribution in [3.05, 3.63) is 64.3 Å². The van der Waals surface area contributed by atoms with Crippen LogP contribution >= 0.6 is 23.2 Å². The molecule has 1 aromatic heterocycles. The molecule has 1 aliphatic rings. The van der Waals surface area contributed by atoms with Gasteiger partial charge in [0.2, 0.25) is 0 Å². The predicted molar refractivity (Wildman–Crippen MR) is 119 cm³/mol. The van der Waals surface area contributed by atoms with Gasteiger partial charge in [-0.3, -0.25) is 10.2 Å². The lowest BCUT2D eigenvalue weighted by Crippen LogP contribution is -2.49. The zero-order valence-corrected chi connectivity index (χ0v) is 19.0. The maximum absolute atomic E-state index is 13.5. The number of benzene rings is 2. The number of piperidine rings is 1. The smallest absolute Gasteiger partial charge is 0.387 e. The molecule has 2 aromatic carbocycles. The van der Waals surface area contributed by atoms with Crippen molar-refractivity contribution in [2.24, 2.45) is 0 Å². The van der Waals surface area contributed by atoms with Crippen LogP contribution in [0, 0.1) is 0 Å². The van der Waals surface area contributed by atoms with Gasteiger partial charge in [0.1, 0.15) is 5.69 Å². The van der Waals surface area contributed by atoms with Gasteiger partial charge in [0.05, 0.1) is 10.7 Å². The molecule has 0 saturated carbocycles. The van der Waals surface area contributed by atoms with Crippen LogP contribution in [0.2, 0.25) is 10.0 Å². The maximum atomic E-state index is 13.5. The van der Waals surface area contributed by atoms with Gasteiger partial charge in [0, 0.05) is 36.5 Å². The summed E-state index contributed by atoms with van der Waals surface area (Å²) in [6.45, 7) is -3.49. The van der Waals surface area contributed by atoms with E-state index in [1.165, 1.54) is 9.69 Å². The molecule has 0 unspecified atom stereocenters. The summed E-state index contributed by atoms with van der Waals surface area (Å²) in [5.41, 5.74) is 2.73. The highest BCUT2D eigenvalue weighted by Crippen LogP contribution is 2.38. The molecule has 4 rings (SSSR count). The Morgan fingerprint density at radius 1 is 1.06 bits per heavy atom. The van der Waals surface area contributed by atoms with Gasteiger partial charge in [-0.2, -0.15) is 13.9 Å². The topological polar surface area (TPSA) is 59.4 Å². The number of rotatable bonds is 6. The van der Waals surface area contributed by atoms with Gasteiger partial charge in [-0.25, -0.2) is 18.5 Å². The Bertz CT molecular complexity index is 1180. The van der Waals surface area contributed by atoms with Crippen LogP contribution in [0.4, 0.5) is 17.6 Å². The number of ether oxygens (including phenoxy) is 1. The summed E-state index contributed by atoms with van der Waals surface area (Å²) >= 11 is 12.3. The highest BCUT2D eigenvalue weighted by Gasteiger charge is 2.36. The third kappa shape index (κ3) is 5.29. The normalized spacial score (nSPS) is 16.0. The summed E-state index contributed by atoms with van der Waals surface area (Å²) in [4.78, 5) is 13.0. The Balaban J connectivity index is 1.81. The van der Waals surface area contributed by atoms with Crippen LogP contribution in [0.15, 0.2) is 48.5 Å². The summed E-state index contributed by atoms with van der Waals surface area (Å²) in [6, 6.07) is 12.7. The fourth-order valence-electron chi connectivity index (χ4n) is 3.55. The number of carbonyl (C=O) groups excluding carboxylic acids is 1. The molecular weight excluding hydrogens is 499 g/mol. The molecule has 34 heavy (non-hydrogen) atoms. The van der Waals surface area contributed by atoms with Crippen molar-refractivity contribution in [1.82, 2.24) is 20.2 Å². The molecule has 1 amide bonds. The summed E-state index contributed by atoms with van der Waals surface area (Å²) in [6.07, 6.45) is -0.893. The van der Waals surface area contributed by atoms with Gasteiger partial charge in [-0.05, 0) is 24.3 Å². The van der Waals surface area contributed by atoms with Crippen LogP contribution in [0.3, 0.4) is 0 Å². The number of hydrogen-bond acceptors (Lipinski definition) is 4. The average Bonchev–Trinajstić information content (AvgIpc) is 3.14. The average molecular weight is 517 g/mol. The van der Waals surface area contributed by atoms with Crippen molar-refractivity contribution >= 4 is 29.1 Å². The minimum Gasteiger partial charge on any atom is -0.430 e. The first-order valence-electron chi connectivity index (χ1n) is 10.2. The van der Waals surface area contributed by atoms with Crippen molar-refractivity contribution in [3.8, 4) is 22.7 Å². The SMILES string of the molecule is O=C(NN1CCC(F)(F)CC1)c1nn(-c2ccccc2Cl)c(-c2ccc(Cl)cc2)c1OC(F)F. The number of amides is 1. The second-order valence-corrected chi connectivity index (χ2v) is 8.40. The van der Waals surface area contributed by atoms with E-state index in [2.05, 4.69) is 10.5 Å². The summed E-state index contributed by atoms with van der Waals surface area (Å²) in [7, 11) is 0. The Hall–Kier alpha value is -2.82. The molecule has 12 heteroatoms. The van der Waals surface area contributed by atoms with Crippen LogP contribution in [-0.4, -0.2) is 46.3 Å². The van der Waals surface area contributed by atoms with Gasteiger partial charge in [-0.1, -0.05) is 47.5 Å². The molecule has 2 heterocycles. The van der Waals surface area contributed by atoms with E-state index in [0.29, 0.717) is 16.3 Å². The van der Waals surface area contributed by atoms with E-state index in [9.17, 15) is 22.4 Å². The Kier molecular flexibility index (Phi) is 7.01. The number of nitrogens with one attached hydrogen (secondary N) is 1. The van der Waals surface area contributed by atoms with Crippen LogP contribution in [0.1, 0.15) is 23.3 Å². The van der Waals surface area contributed by atoms with Gasteiger partial charge < -0.3 is 4.74 Å². The third-order valence-corrected chi connectivity index (χ3v) is 5.79. The third-order valence-electron chi connectivity index (χ3n) is 5.22. The number of halogens is 6.